The van der Waals surface area contributed by atoms with E-state index in [1.165, 1.54) is 55.5 Å². The minimum atomic E-state index is -1.89. The van der Waals surface area contributed by atoms with Crippen molar-refractivity contribution in [1.82, 2.24) is 37.2 Å². The number of carbonyl (C=O) groups excluding carboxylic acids is 7. The molecule has 0 spiro atoms. The first kappa shape index (κ1) is 64.5. The van der Waals surface area contributed by atoms with Gasteiger partial charge in [0.2, 0.25) is 41.4 Å². The van der Waals surface area contributed by atoms with Gasteiger partial charge >= 0.3 is 11.9 Å². The zero-order valence-electron chi connectivity index (χ0n) is 43.1. The van der Waals surface area contributed by atoms with Crippen LogP contribution in [0, 0.1) is 5.92 Å². The van der Waals surface area contributed by atoms with E-state index in [9.17, 15) is 73.8 Å². The van der Waals surface area contributed by atoms with Crippen LogP contribution in [-0.2, 0) is 56.0 Å². The number of aliphatic imine (C=N–C) groups is 1. The Kier molecular flexibility index (Phi) is 27.7. The fraction of sp³-hybridized carbons (Fsp3) is 0.551. The number of amides is 7. The number of nitrogens with zero attached hydrogens (tertiary/aromatic N) is 1. The molecule has 10 atom stereocenters. The van der Waals surface area contributed by atoms with Crippen LogP contribution in [0.5, 0.6) is 11.5 Å². The molecule has 21 N–H and O–H groups in total. The highest BCUT2D eigenvalue weighted by Gasteiger charge is 2.37. The second-order valence-corrected chi connectivity index (χ2v) is 18.7. The number of hydrogen-bond acceptors (Lipinski definition) is 16. The Morgan fingerprint density at radius 1 is 0.526 bits per heavy atom. The summed E-state index contributed by atoms with van der Waals surface area (Å²) in [6.07, 6.45) is -4.07. The third-order valence-corrected chi connectivity index (χ3v) is 11.6. The SMILES string of the molecule is CC(C)CC(NC(=O)C(CCCCN)NC(=O)C(CCC(=O)O)NC(=O)C(Cc1ccc(O)cc1)NC(=O)C(NC(=O)C(Cc1ccc(O)cc1)NC(=O)C(NC(=O)C(N)CCCN=C(N)N)C(C)O)C(C)O)C(=O)O. The smallest absolute Gasteiger partial charge is 0.326 e. The Hall–Kier alpha value is -7.62. The molecule has 2 rings (SSSR count). The molecule has 0 radical (unpaired) electrons. The molecule has 7 amide bonds. The van der Waals surface area contributed by atoms with Crippen LogP contribution in [0.25, 0.3) is 0 Å². The maximum Gasteiger partial charge on any atom is 0.326 e. The zero-order chi connectivity index (χ0) is 57.2. The first-order valence-corrected chi connectivity index (χ1v) is 24.7. The average molecular weight is 1070 g/mol. The van der Waals surface area contributed by atoms with Crippen LogP contribution in [0.3, 0.4) is 0 Å². The highest BCUT2D eigenvalue weighted by molar-refractivity contribution is 5.98. The molecule has 0 aliphatic carbocycles. The van der Waals surface area contributed by atoms with Crippen LogP contribution in [0.4, 0.5) is 0 Å². The van der Waals surface area contributed by atoms with Gasteiger partial charge in [0.25, 0.3) is 0 Å². The zero-order valence-corrected chi connectivity index (χ0v) is 43.1. The summed E-state index contributed by atoms with van der Waals surface area (Å²) < 4.78 is 0. The Morgan fingerprint density at radius 3 is 1.34 bits per heavy atom. The molecule has 0 aliphatic heterocycles. The third kappa shape index (κ3) is 23.7. The van der Waals surface area contributed by atoms with Crippen LogP contribution in [0.15, 0.2) is 53.5 Å². The summed E-state index contributed by atoms with van der Waals surface area (Å²) >= 11 is 0. The lowest BCUT2D eigenvalue weighted by atomic mass is 10.0. The van der Waals surface area contributed by atoms with Crippen LogP contribution >= 0.6 is 0 Å². The number of aliphatic hydroxyl groups excluding tert-OH is 2. The van der Waals surface area contributed by atoms with E-state index in [-0.39, 0.29) is 75.0 Å². The summed E-state index contributed by atoms with van der Waals surface area (Å²) in [6, 6.07) is -1.60. The molecule has 0 aliphatic rings. The molecule has 10 unspecified atom stereocenters. The van der Waals surface area contributed by atoms with E-state index in [0.717, 1.165) is 6.92 Å². The summed E-state index contributed by atoms with van der Waals surface area (Å²) in [6.45, 7) is 6.19. The van der Waals surface area contributed by atoms with Gasteiger partial charge in [-0.05, 0) is 107 Å². The van der Waals surface area contributed by atoms with Crippen molar-refractivity contribution in [3.63, 3.8) is 0 Å². The van der Waals surface area contributed by atoms with Crippen molar-refractivity contribution in [2.45, 2.75) is 152 Å². The molecule has 0 saturated heterocycles. The summed E-state index contributed by atoms with van der Waals surface area (Å²) in [5.41, 5.74) is 23.0. The van der Waals surface area contributed by atoms with Gasteiger partial charge in [0, 0.05) is 25.8 Å². The van der Waals surface area contributed by atoms with E-state index in [4.69, 9.17) is 22.9 Å². The molecule has 27 heteroatoms. The van der Waals surface area contributed by atoms with Crippen LogP contribution in [0.2, 0.25) is 0 Å². The molecule has 422 valence electrons. The van der Waals surface area contributed by atoms with Crippen LogP contribution < -0.4 is 60.2 Å². The average Bonchev–Trinajstić information content (AvgIpc) is 3.34. The van der Waals surface area contributed by atoms with E-state index in [1.807, 2.05) is 0 Å². The minimum Gasteiger partial charge on any atom is -0.508 e. The van der Waals surface area contributed by atoms with Crippen molar-refractivity contribution < 1.29 is 73.8 Å². The van der Waals surface area contributed by atoms with Crippen molar-refractivity contribution >= 4 is 59.2 Å². The van der Waals surface area contributed by atoms with Gasteiger partial charge in [-0.15, -0.1) is 0 Å². The van der Waals surface area contributed by atoms with Gasteiger partial charge in [-0.3, -0.25) is 43.3 Å². The largest absolute Gasteiger partial charge is 0.508 e. The van der Waals surface area contributed by atoms with Crippen molar-refractivity contribution in [2.75, 3.05) is 13.1 Å². The second-order valence-electron chi connectivity index (χ2n) is 18.7. The molecule has 27 nitrogen and oxygen atoms in total. The van der Waals surface area contributed by atoms with Gasteiger partial charge in [0.1, 0.15) is 53.8 Å². The molecule has 76 heavy (non-hydrogen) atoms. The fourth-order valence-corrected chi connectivity index (χ4v) is 7.46. The number of aliphatic hydroxyl groups is 2. The van der Waals surface area contributed by atoms with E-state index >= 15 is 0 Å². The number of rotatable bonds is 34. The molecular formula is C49H76N12O15. The maximum atomic E-state index is 14.3. The number of aromatic hydroxyl groups is 2. The van der Waals surface area contributed by atoms with Crippen molar-refractivity contribution in [3.8, 4) is 11.5 Å². The number of unbranched alkanes of at least 4 members (excludes halogenated alkanes) is 1. The summed E-state index contributed by atoms with van der Waals surface area (Å²) in [4.78, 5) is 125. The number of benzene rings is 2. The number of hydrogen-bond donors (Lipinski definition) is 17. The van der Waals surface area contributed by atoms with E-state index in [1.54, 1.807) is 13.8 Å². The van der Waals surface area contributed by atoms with Gasteiger partial charge in [-0.2, -0.15) is 0 Å². The lowest BCUT2D eigenvalue weighted by Crippen LogP contribution is -2.63. The quantitative estimate of drug-likeness (QED) is 0.0184. The van der Waals surface area contributed by atoms with E-state index in [2.05, 4.69) is 42.2 Å². The summed E-state index contributed by atoms with van der Waals surface area (Å²) in [5.74, 6) is -10.5. The Balaban J connectivity index is 2.52. The standard InChI is InChI=1S/C49H76N12O15/c1-25(2)22-37(48(75)76)59-42(69)33(9-5-6-20-50)55-43(70)34(18-19-38(66)67)56-44(71)35(23-28-10-14-30(64)15-11-28)57-47(74)40(27(4)63)61-45(72)36(24-29-12-16-31(65)17-13-29)58-46(73)39(26(3)62)60-41(68)32(51)8-7-21-54-49(52)53/h10-17,25-27,32-37,39-40,62-65H,5-9,18-24,50-51H2,1-4H3,(H,55,70)(H,56,71)(H,57,74)(H,58,73)(H,59,69)(H,60,68)(H,61,72)(H,66,67)(H,75,76)(H4,52,53,54). The lowest BCUT2D eigenvalue weighted by molar-refractivity contribution is -0.143. The van der Waals surface area contributed by atoms with Gasteiger partial charge in [-0.25, -0.2) is 4.79 Å². The summed E-state index contributed by atoms with van der Waals surface area (Å²) in [5, 5.41) is 77.8. The van der Waals surface area contributed by atoms with Crippen molar-refractivity contribution in [2.24, 2.45) is 33.8 Å². The molecule has 0 bridgehead atoms. The molecule has 0 aromatic heterocycles. The number of carbonyl (C=O) groups is 9. The van der Waals surface area contributed by atoms with Gasteiger partial charge in [0.15, 0.2) is 5.96 Å². The Bertz CT molecular complexity index is 2280. The fourth-order valence-electron chi connectivity index (χ4n) is 7.46. The second kappa shape index (κ2) is 32.6. The normalized spacial score (nSPS) is 15.1. The molecule has 2 aromatic rings. The number of nitrogens with two attached hydrogens (primary N) is 4. The predicted octanol–water partition coefficient (Wildman–Crippen LogP) is -3.46. The van der Waals surface area contributed by atoms with Gasteiger partial charge in [-0.1, -0.05) is 38.1 Å². The van der Waals surface area contributed by atoms with E-state index < -0.39 is 127 Å². The molecular weight excluding hydrogens is 997 g/mol. The number of carboxylic acids is 2. The predicted molar refractivity (Wildman–Crippen MR) is 275 cm³/mol. The lowest BCUT2D eigenvalue weighted by Gasteiger charge is -2.29. The first-order chi connectivity index (χ1) is 35.7. The minimum absolute atomic E-state index is 0.0239. The van der Waals surface area contributed by atoms with Crippen LogP contribution in [0.1, 0.15) is 90.2 Å². The van der Waals surface area contributed by atoms with E-state index in [0.29, 0.717) is 24.0 Å². The topological polar surface area (TPSA) is 476 Å². The Morgan fingerprint density at radius 2 is 0.934 bits per heavy atom. The number of nitrogens with one attached hydrogen (secondary N) is 7. The number of aliphatic carboxylic acids is 2. The molecule has 0 heterocycles. The first-order valence-electron chi connectivity index (χ1n) is 24.7. The Labute approximate surface area is 439 Å². The van der Waals surface area contributed by atoms with Crippen molar-refractivity contribution in [1.29, 1.82) is 0 Å². The highest BCUT2D eigenvalue weighted by Crippen LogP contribution is 2.15. The number of carboxylic acid groups (broad SMARTS) is 2. The number of phenolic OH excluding ortho intramolecular Hbond substituents is 2. The molecule has 2 aromatic carbocycles. The van der Waals surface area contributed by atoms with Gasteiger partial charge in [0.05, 0.1) is 18.2 Å². The van der Waals surface area contributed by atoms with Crippen LogP contribution in [-0.4, -0.2) is 164 Å². The van der Waals surface area contributed by atoms with Gasteiger partial charge < -0.3 is 90.8 Å². The maximum absolute atomic E-state index is 14.3. The van der Waals surface area contributed by atoms with Crippen molar-refractivity contribution in [3.05, 3.63) is 59.7 Å². The monoisotopic (exact) mass is 1070 g/mol. The highest BCUT2D eigenvalue weighted by atomic mass is 16.4. The molecule has 0 fully saturated rings. The number of phenols is 2. The molecule has 0 saturated carbocycles. The summed E-state index contributed by atoms with van der Waals surface area (Å²) in [7, 11) is 0. The third-order valence-electron chi connectivity index (χ3n) is 11.6. The number of guanidine groups is 1.